The molecule has 1 spiro atoms. The molecule has 3 fully saturated rings. The molecule has 0 unspecified atom stereocenters. The Balaban J connectivity index is 1.42. The number of fused-ring (bicyclic) bond motifs is 1. The van der Waals surface area contributed by atoms with Crippen LogP contribution < -0.4 is 5.32 Å². The Morgan fingerprint density at radius 3 is 2.81 bits per heavy atom. The minimum atomic E-state index is -0.369. The fourth-order valence-electron chi connectivity index (χ4n) is 5.95. The molecule has 4 rings (SSSR count). The van der Waals surface area contributed by atoms with E-state index in [9.17, 15) is 4.79 Å². The molecule has 1 aromatic rings. The maximum absolute atomic E-state index is 12.3. The van der Waals surface area contributed by atoms with Gasteiger partial charge in [0, 0.05) is 16.1 Å². The lowest BCUT2D eigenvalue weighted by molar-refractivity contribution is -0.137. The van der Waals surface area contributed by atoms with Gasteiger partial charge >= 0.3 is 6.09 Å². The van der Waals surface area contributed by atoms with Gasteiger partial charge in [-0.2, -0.15) is 0 Å². The van der Waals surface area contributed by atoms with E-state index in [1.54, 1.807) is 0 Å². The van der Waals surface area contributed by atoms with Crippen molar-refractivity contribution in [3.8, 4) is 0 Å². The number of carbonyl (C=O) groups is 1. The highest BCUT2D eigenvalue weighted by atomic mass is 79.9. The van der Waals surface area contributed by atoms with Gasteiger partial charge in [0.05, 0.1) is 18.8 Å². The zero-order chi connectivity index (χ0) is 19.0. The van der Waals surface area contributed by atoms with Crippen molar-refractivity contribution in [3.05, 3.63) is 28.7 Å². The summed E-state index contributed by atoms with van der Waals surface area (Å²) in [6, 6.07) is 7.54. The minimum Gasteiger partial charge on any atom is -0.449 e. The van der Waals surface area contributed by atoms with Crippen LogP contribution >= 0.6 is 15.9 Å². The van der Waals surface area contributed by atoms with Crippen LogP contribution in [0.25, 0.3) is 0 Å². The summed E-state index contributed by atoms with van der Waals surface area (Å²) in [5, 5.41) is 2.83. The second-order valence-electron chi connectivity index (χ2n) is 8.85. The van der Waals surface area contributed by atoms with Gasteiger partial charge in [-0.3, -0.25) is 5.32 Å². The van der Waals surface area contributed by atoms with Crippen molar-refractivity contribution in [2.45, 2.75) is 51.6 Å². The molecular weight excluding hydrogens is 406 g/mol. The van der Waals surface area contributed by atoms with Crippen LogP contribution in [0, 0.1) is 29.6 Å². The van der Waals surface area contributed by atoms with E-state index in [2.05, 4.69) is 35.1 Å². The van der Waals surface area contributed by atoms with Crippen molar-refractivity contribution in [1.29, 1.82) is 0 Å². The second-order valence-corrected chi connectivity index (χ2v) is 9.76. The predicted molar refractivity (Wildman–Crippen MR) is 110 cm³/mol. The van der Waals surface area contributed by atoms with Crippen LogP contribution in [0.4, 0.5) is 10.5 Å². The number of hydrogen-bond acceptors (Lipinski definition) is 3. The molecule has 0 aromatic heterocycles. The summed E-state index contributed by atoms with van der Waals surface area (Å²) in [5.41, 5.74) is 0.688. The average Bonchev–Trinajstić information content (AvgIpc) is 2.86. The molecule has 27 heavy (non-hydrogen) atoms. The Morgan fingerprint density at radius 2 is 2.07 bits per heavy atom. The predicted octanol–water partition coefficient (Wildman–Crippen LogP) is 5.87. The van der Waals surface area contributed by atoms with E-state index in [1.165, 1.54) is 25.7 Å². The lowest BCUT2D eigenvalue weighted by Gasteiger charge is -2.52. The lowest BCUT2D eigenvalue weighted by atomic mass is 9.55. The Bertz CT molecular complexity index is 673. The van der Waals surface area contributed by atoms with Crippen molar-refractivity contribution in [1.82, 2.24) is 0 Å². The van der Waals surface area contributed by atoms with Gasteiger partial charge in [-0.1, -0.05) is 36.2 Å². The molecule has 5 heteroatoms. The van der Waals surface area contributed by atoms with E-state index in [4.69, 9.17) is 9.47 Å². The molecular formula is C22H30BrNO3. The van der Waals surface area contributed by atoms with Crippen LogP contribution in [0.2, 0.25) is 0 Å². The molecule has 2 bridgehead atoms. The van der Waals surface area contributed by atoms with E-state index in [0.29, 0.717) is 30.3 Å². The highest BCUT2D eigenvalue weighted by molar-refractivity contribution is 9.10. The third-order valence-electron chi connectivity index (χ3n) is 7.20. The first kappa shape index (κ1) is 19.3. The van der Waals surface area contributed by atoms with Crippen LogP contribution in [0.15, 0.2) is 28.7 Å². The smallest absolute Gasteiger partial charge is 0.411 e. The van der Waals surface area contributed by atoms with Gasteiger partial charge in [-0.05, 0) is 73.6 Å². The third kappa shape index (κ3) is 3.65. The van der Waals surface area contributed by atoms with Gasteiger partial charge in [-0.25, -0.2) is 4.79 Å². The standard InChI is InChI=1S/C22H30BrNO3/c1-14(2)18-4-3-11-22-19(18)10-5-15(12-27-22)20(22)13-26-21(25)24-17-8-6-16(23)7-9-17/h6-9,14-15,18-20H,3-5,10-13H2,1-2H3,(H,24,25)/t15-,18-,19-,20+,22-/m1/s1. The summed E-state index contributed by atoms with van der Waals surface area (Å²) in [7, 11) is 0. The van der Waals surface area contributed by atoms with Gasteiger partial charge in [0.15, 0.2) is 0 Å². The average molecular weight is 436 g/mol. The molecule has 148 valence electrons. The van der Waals surface area contributed by atoms with Crippen LogP contribution in [0.1, 0.15) is 46.0 Å². The van der Waals surface area contributed by atoms with Crippen LogP contribution in [0.3, 0.4) is 0 Å². The first-order valence-electron chi connectivity index (χ1n) is 10.3. The number of benzene rings is 1. The Kier molecular flexibility index (Phi) is 5.52. The SMILES string of the molecule is CC(C)[C@H]1CCC[C@@]23OC[C@@H](CC[C@H]12)[C@@H]3COC(=O)Nc1ccc(Br)cc1. The Labute approximate surface area is 170 Å². The number of anilines is 1. The second kappa shape index (κ2) is 7.75. The largest absolute Gasteiger partial charge is 0.449 e. The van der Waals surface area contributed by atoms with Gasteiger partial charge in [0.1, 0.15) is 0 Å². The van der Waals surface area contributed by atoms with Crippen LogP contribution in [-0.2, 0) is 9.47 Å². The molecule has 1 saturated heterocycles. The molecule has 1 heterocycles. The number of hydrogen-bond donors (Lipinski definition) is 1. The fourth-order valence-corrected chi connectivity index (χ4v) is 6.22. The van der Waals surface area contributed by atoms with E-state index < -0.39 is 0 Å². The number of carbonyl (C=O) groups excluding carboxylic acids is 1. The first-order chi connectivity index (χ1) is 13.0. The topological polar surface area (TPSA) is 47.6 Å². The molecule has 1 amide bonds. The van der Waals surface area contributed by atoms with Crippen molar-refractivity contribution < 1.29 is 14.3 Å². The van der Waals surface area contributed by atoms with E-state index in [0.717, 1.165) is 29.1 Å². The molecule has 1 N–H and O–H groups in total. The maximum Gasteiger partial charge on any atom is 0.411 e. The zero-order valence-electron chi connectivity index (χ0n) is 16.2. The quantitative estimate of drug-likeness (QED) is 0.643. The molecule has 2 saturated carbocycles. The summed E-state index contributed by atoms with van der Waals surface area (Å²) in [6.07, 6.45) is 5.78. The lowest BCUT2D eigenvalue weighted by Crippen LogP contribution is -2.54. The number of amides is 1. The zero-order valence-corrected chi connectivity index (χ0v) is 17.8. The molecule has 4 nitrogen and oxygen atoms in total. The minimum absolute atomic E-state index is 0.0615. The molecule has 0 radical (unpaired) electrons. The molecule has 5 atom stereocenters. The first-order valence-corrected chi connectivity index (χ1v) is 11.1. The maximum atomic E-state index is 12.3. The van der Waals surface area contributed by atoms with Crippen molar-refractivity contribution >= 4 is 27.7 Å². The normalized spacial score (nSPS) is 35.0. The third-order valence-corrected chi connectivity index (χ3v) is 7.73. The summed E-state index contributed by atoms with van der Waals surface area (Å²) in [5.74, 6) is 2.92. The Morgan fingerprint density at radius 1 is 1.30 bits per heavy atom. The summed E-state index contributed by atoms with van der Waals surface area (Å²) in [6.45, 7) is 6.00. The molecule has 3 aliphatic rings. The fraction of sp³-hybridized carbons (Fsp3) is 0.682. The number of ether oxygens (including phenoxy) is 2. The van der Waals surface area contributed by atoms with E-state index in [-0.39, 0.29) is 11.7 Å². The summed E-state index contributed by atoms with van der Waals surface area (Å²) < 4.78 is 13.2. The van der Waals surface area contributed by atoms with Crippen molar-refractivity contribution in [2.75, 3.05) is 18.5 Å². The number of halogens is 1. The van der Waals surface area contributed by atoms with E-state index in [1.807, 2.05) is 24.3 Å². The summed E-state index contributed by atoms with van der Waals surface area (Å²) in [4.78, 5) is 12.3. The van der Waals surface area contributed by atoms with Gasteiger partial charge in [0.25, 0.3) is 0 Å². The highest BCUT2D eigenvalue weighted by Crippen LogP contribution is 2.58. The Hall–Kier alpha value is -1.07. The number of rotatable bonds is 4. The van der Waals surface area contributed by atoms with Crippen molar-refractivity contribution in [2.24, 2.45) is 29.6 Å². The van der Waals surface area contributed by atoms with E-state index >= 15 is 0 Å². The van der Waals surface area contributed by atoms with Gasteiger partial charge in [-0.15, -0.1) is 0 Å². The molecule has 1 aromatic carbocycles. The van der Waals surface area contributed by atoms with Crippen LogP contribution in [0.5, 0.6) is 0 Å². The summed E-state index contributed by atoms with van der Waals surface area (Å²) >= 11 is 3.40. The molecule has 2 aliphatic carbocycles. The van der Waals surface area contributed by atoms with Crippen LogP contribution in [-0.4, -0.2) is 24.9 Å². The van der Waals surface area contributed by atoms with Crippen molar-refractivity contribution in [3.63, 3.8) is 0 Å². The van der Waals surface area contributed by atoms with Gasteiger partial charge in [0.2, 0.25) is 0 Å². The molecule has 1 aliphatic heterocycles. The monoisotopic (exact) mass is 435 g/mol. The van der Waals surface area contributed by atoms with Gasteiger partial charge < -0.3 is 9.47 Å². The number of nitrogens with one attached hydrogen (secondary N) is 1. The highest BCUT2D eigenvalue weighted by Gasteiger charge is 2.60.